The van der Waals surface area contributed by atoms with Gasteiger partial charge in [-0.1, -0.05) is 0 Å². The highest BCUT2D eigenvalue weighted by molar-refractivity contribution is 7.11. The number of hydrogen-bond donors (Lipinski definition) is 1. The normalized spacial score (nSPS) is 27.9. The van der Waals surface area contributed by atoms with Gasteiger partial charge in [-0.05, 0) is 7.05 Å². The van der Waals surface area contributed by atoms with Crippen LogP contribution in [0.5, 0.6) is 0 Å². The molecule has 0 amide bonds. The molecule has 1 aliphatic heterocycles. The lowest BCUT2D eigenvalue weighted by atomic mass is 10.1. The number of rotatable bonds is 2. The van der Waals surface area contributed by atoms with Crippen molar-refractivity contribution >= 4 is 17.1 Å². The molecule has 0 spiro atoms. The molecule has 2 rings (SSSR count). The van der Waals surface area contributed by atoms with Crippen LogP contribution in [0.25, 0.3) is 0 Å². The van der Waals surface area contributed by atoms with E-state index >= 15 is 0 Å². The Hall–Kier alpha value is -0.820. The first-order valence-corrected chi connectivity index (χ1v) is 5.57. The van der Waals surface area contributed by atoms with E-state index < -0.39 is 0 Å². The van der Waals surface area contributed by atoms with Crippen LogP contribution in [0.15, 0.2) is 11.6 Å². The van der Waals surface area contributed by atoms with Crippen molar-refractivity contribution < 1.29 is 9.53 Å². The highest BCUT2D eigenvalue weighted by Gasteiger charge is 2.31. The molecular formula is C9H13N3O2S. The summed E-state index contributed by atoms with van der Waals surface area (Å²) in [6.45, 7) is 0.915. The molecule has 0 radical (unpaired) electrons. The number of morpholine rings is 1. The Morgan fingerprint density at radius 1 is 1.80 bits per heavy atom. The molecule has 1 saturated heterocycles. The maximum atomic E-state index is 12.0. The van der Waals surface area contributed by atoms with Gasteiger partial charge in [0.25, 0.3) is 0 Å². The summed E-state index contributed by atoms with van der Waals surface area (Å²) < 4.78 is 5.27. The Morgan fingerprint density at radius 3 is 3.20 bits per heavy atom. The largest absolute Gasteiger partial charge is 0.360 e. The van der Waals surface area contributed by atoms with Gasteiger partial charge in [-0.25, -0.2) is 4.98 Å². The number of Topliss-reactive ketones (excluding diaryl/α,β-unsaturated/α-hetero) is 1. The summed E-state index contributed by atoms with van der Waals surface area (Å²) in [7, 11) is 1.87. The van der Waals surface area contributed by atoms with Crippen molar-refractivity contribution in [3.05, 3.63) is 16.6 Å². The zero-order valence-corrected chi connectivity index (χ0v) is 9.24. The van der Waals surface area contributed by atoms with Crippen LogP contribution in [-0.2, 0) is 4.74 Å². The highest BCUT2D eigenvalue weighted by Crippen LogP contribution is 2.14. The van der Waals surface area contributed by atoms with E-state index in [0.29, 0.717) is 18.2 Å². The SMILES string of the molecule is CN1CC(N)OCC1C(=O)c1nccs1. The van der Waals surface area contributed by atoms with E-state index in [-0.39, 0.29) is 18.1 Å². The summed E-state index contributed by atoms with van der Waals surface area (Å²) >= 11 is 1.35. The fourth-order valence-electron chi connectivity index (χ4n) is 1.57. The average molecular weight is 227 g/mol. The number of thiazole rings is 1. The van der Waals surface area contributed by atoms with E-state index in [9.17, 15) is 4.79 Å². The molecule has 0 aromatic carbocycles. The van der Waals surface area contributed by atoms with Crippen molar-refractivity contribution in [1.29, 1.82) is 0 Å². The number of carbonyl (C=O) groups excluding carboxylic acids is 1. The molecule has 1 aromatic rings. The molecule has 5 nitrogen and oxygen atoms in total. The van der Waals surface area contributed by atoms with Crippen LogP contribution < -0.4 is 5.73 Å². The van der Waals surface area contributed by atoms with Gasteiger partial charge in [0.1, 0.15) is 6.23 Å². The van der Waals surface area contributed by atoms with E-state index in [0.717, 1.165) is 0 Å². The van der Waals surface area contributed by atoms with Crippen molar-refractivity contribution in [3.63, 3.8) is 0 Å². The van der Waals surface area contributed by atoms with Crippen LogP contribution in [0.4, 0.5) is 0 Å². The highest BCUT2D eigenvalue weighted by atomic mass is 32.1. The van der Waals surface area contributed by atoms with Crippen LogP contribution in [0.3, 0.4) is 0 Å². The molecule has 0 aliphatic carbocycles. The summed E-state index contributed by atoms with van der Waals surface area (Å²) in [4.78, 5) is 17.9. The Balaban J connectivity index is 2.08. The third-order valence-corrected chi connectivity index (χ3v) is 3.20. The number of carbonyl (C=O) groups is 1. The molecule has 82 valence electrons. The van der Waals surface area contributed by atoms with Gasteiger partial charge in [0.05, 0.1) is 12.6 Å². The molecule has 1 fully saturated rings. The molecule has 15 heavy (non-hydrogen) atoms. The maximum Gasteiger partial charge on any atom is 0.210 e. The van der Waals surface area contributed by atoms with E-state index in [2.05, 4.69) is 4.98 Å². The average Bonchev–Trinajstić information content (AvgIpc) is 2.69. The second-order valence-electron chi connectivity index (χ2n) is 3.53. The number of hydrogen-bond acceptors (Lipinski definition) is 6. The van der Waals surface area contributed by atoms with Gasteiger partial charge in [0.2, 0.25) is 5.78 Å². The predicted molar refractivity (Wildman–Crippen MR) is 56.8 cm³/mol. The van der Waals surface area contributed by atoms with Gasteiger partial charge < -0.3 is 10.5 Å². The second kappa shape index (κ2) is 4.36. The Labute approximate surface area is 91.9 Å². The standard InChI is InChI=1S/C9H13N3O2S/c1-12-4-7(10)14-5-6(12)8(13)9-11-2-3-15-9/h2-3,6-7H,4-5,10H2,1H3. The van der Waals surface area contributed by atoms with Gasteiger partial charge in [0, 0.05) is 18.1 Å². The molecule has 2 unspecified atom stereocenters. The monoisotopic (exact) mass is 227 g/mol. The van der Waals surface area contributed by atoms with Crippen molar-refractivity contribution in [2.75, 3.05) is 20.2 Å². The molecule has 1 aromatic heterocycles. The van der Waals surface area contributed by atoms with Crippen LogP contribution in [0.1, 0.15) is 9.80 Å². The fourth-order valence-corrected chi connectivity index (χ4v) is 2.19. The van der Waals surface area contributed by atoms with Crippen molar-refractivity contribution in [1.82, 2.24) is 9.88 Å². The number of aromatic nitrogens is 1. The third kappa shape index (κ3) is 2.23. The molecule has 1 aliphatic rings. The minimum absolute atomic E-state index is 0.0133. The van der Waals surface area contributed by atoms with Crippen LogP contribution in [0.2, 0.25) is 0 Å². The smallest absolute Gasteiger partial charge is 0.210 e. The molecule has 2 heterocycles. The number of ketones is 1. The van der Waals surface area contributed by atoms with Crippen molar-refractivity contribution in [3.8, 4) is 0 Å². The zero-order chi connectivity index (χ0) is 10.8. The summed E-state index contributed by atoms with van der Waals surface area (Å²) in [6.07, 6.45) is 1.34. The number of nitrogens with two attached hydrogens (primary N) is 1. The lowest BCUT2D eigenvalue weighted by Crippen LogP contribution is -2.53. The third-order valence-electron chi connectivity index (χ3n) is 2.41. The summed E-state index contributed by atoms with van der Waals surface area (Å²) in [6, 6.07) is -0.254. The zero-order valence-electron chi connectivity index (χ0n) is 8.42. The van der Waals surface area contributed by atoms with Gasteiger partial charge >= 0.3 is 0 Å². The van der Waals surface area contributed by atoms with Crippen molar-refractivity contribution in [2.24, 2.45) is 5.73 Å². The Bertz CT molecular complexity index is 341. The minimum Gasteiger partial charge on any atom is -0.360 e. The molecule has 2 atom stereocenters. The Kier molecular flexibility index (Phi) is 3.11. The second-order valence-corrected chi connectivity index (χ2v) is 4.42. The number of likely N-dealkylation sites (N-methyl/N-ethyl adjacent to an activating group) is 1. The van der Waals surface area contributed by atoms with E-state index in [1.165, 1.54) is 11.3 Å². The molecular weight excluding hydrogens is 214 g/mol. The van der Waals surface area contributed by atoms with Crippen LogP contribution in [0, 0.1) is 0 Å². The summed E-state index contributed by atoms with van der Waals surface area (Å²) in [5, 5.41) is 2.33. The van der Waals surface area contributed by atoms with Crippen LogP contribution in [-0.4, -0.2) is 48.1 Å². The minimum atomic E-state index is -0.296. The molecule has 0 saturated carbocycles. The van der Waals surface area contributed by atoms with Gasteiger partial charge in [-0.3, -0.25) is 9.69 Å². The maximum absolute atomic E-state index is 12.0. The Morgan fingerprint density at radius 2 is 2.60 bits per heavy atom. The predicted octanol–water partition coefficient (Wildman–Crippen LogP) is -0.0588. The topological polar surface area (TPSA) is 68.4 Å². The first kappa shape index (κ1) is 10.7. The van der Waals surface area contributed by atoms with E-state index in [1.807, 2.05) is 11.9 Å². The first-order chi connectivity index (χ1) is 7.18. The summed E-state index contributed by atoms with van der Waals surface area (Å²) in [5.74, 6) is 0.0133. The van der Waals surface area contributed by atoms with Gasteiger partial charge in [-0.2, -0.15) is 0 Å². The number of nitrogens with zero attached hydrogens (tertiary/aromatic N) is 2. The van der Waals surface area contributed by atoms with Gasteiger partial charge in [-0.15, -0.1) is 11.3 Å². The molecule has 6 heteroatoms. The fraction of sp³-hybridized carbons (Fsp3) is 0.556. The van der Waals surface area contributed by atoms with Gasteiger partial charge in [0.15, 0.2) is 5.01 Å². The summed E-state index contributed by atoms with van der Waals surface area (Å²) in [5.41, 5.74) is 5.62. The van der Waals surface area contributed by atoms with Crippen molar-refractivity contribution in [2.45, 2.75) is 12.3 Å². The molecule has 2 N–H and O–H groups in total. The number of ether oxygens (including phenoxy) is 1. The quantitative estimate of drug-likeness (QED) is 0.717. The van der Waals surface area contributed by atoms with Crippen LogP contribution >= 0.6 is 11.3 Å². The lowest BCUT2D eigenvalue weighted by molar-refractivity contribution is -0.0412. The molecule has 0 bridgehead atoms. The lowest BCUT2D eigenvalue weighted by Gasteiger charge is -2.34. The van der Waals surface area contributed by atoms with E-state index in [4.69, 9.17) is 10.5 Å². The van der Waals surface area contributed by atoms with E-state index in [1.54, 1.807) is 11.6 Å². The first-order valence-electron chi connectivity index (χ1n) is 4.69.